The molecular weight excluding hydrogens is 494 g/mol. The number of urea groups is 1. The van der Waals surface area contributed by atoms with Crippen LogP contribution in [0.5, 0.6) is 5.75 Å². The number of hydrogen-bond donors (Lipinski definition) is 2. The van der Waals surface area contributed by atoms with E-state index in [1.807, 2.05) is 36.4 Å². The molecule has 0 fully saturated rings. The van der Waals surface area contributed by atoms with E-state index in [2.05, 4.69) is 17.6 Å². The topological polar surface area (TPSA) is 97.0 Å². The number of nitrogens with one attached hydrogen (secondary N) is 2. The molecule has 4 rings (SSSR count). The van der Waals surface area contributed by atoms with Gasteiger partial charge in [0.15, 0.2) is 0 Å². The van der Waals surface area contributed by atoms with Gasteiger partial charge in [0.1, 0.15) is 5.75 Å². The predicted molar refractivity (Wildman–Crippen MR) is 150 cm³/mol. The van der Waals surface area contributed by atoms with Crippen molar-refractivity contribution in [3.05, 3.63) is 101 Å². The van der Waals surface area contributed by atoms with Crippen LogP contribution >= 0.6 is 0 Å². The highest BCUT2D eigenvalue weighted by Gasteiger charge is 2.38. The summed E-state index contributed by atoms with van der Waals surface area (Å²) in [4.78, 5) is 41.4. The molecule has 0 bridgehead atoms. The molecule has 0 radical (unpaired) electrons. The highest BCUT2D eigenvalue weighted by atomic mass is 16.5. The molecule has 0 saturated heterocycles. The second kappa shape index (κ2) is 12.8. The van der Waals surface area contributed by atoms with Crippen molar-refractivity contribution in [2.75, 3.05) is 25.6 Å². The Morgan fingerprint density at radius 3 is 2.38 bits per heavy atom. The SMILES string of the molecule is CCCCN1C(=O)N[C@@H](c2cccc(NC(=O)c3ccc(OC)cc3)c2)C(C(=O)OCC)=C1c1ccccc1. The van der Waals surface area contributed by atoms with E-state index in [1.54, 1.807) is 61.4 Å². The minimum atomic E-state index is -0.775. The molecule has 3 aromatic carbocycles. The summed E-state index contributed by atoms with van der Waals surface area (Å²) in [5.74, 6) is -0.142. The van der Waals surface area contributed by atoms with Crippen molar-refractivity contribution in [3.8, 4) is 5.75 Å². The van der Waals surface area contributed by atoms with Crippen LogP contribution in [0.3, 0.4) is 0 Å². The summed E-state index contributed by atoms with van der Waals surface area (Å²) in [7, 11) is 1.57. The van der Waals surface area contributed by atoms with E-state index in [4.69, 9.17) is 9.47 Å². The second-order valence-corrected chi connectivity index (χ2v) is 9.04. The summed E-state index contributed by atoms with van der Waals surface area (Å²) in [5, 5.41) is 5.91. The summed E-state index contributed by atoms with van der Waals surface area (Å²) in [6.07, 6.45) is 1.66. The minimum absolute atomic E-state index is 0.192. The van der Waals surface area contributed by atoms with Gasteiger partial charge >= 0.3 is 12.0 Å². The standard InChI is InChI=1S/C31H33N3O5/c1-4-6-19-34-28(21-11-8-7-9-12-21)26(30(36)39-5-2)27(33-31(34)37)23-13-10-14-24(20-23)32-29(35)22-15-17-25(38-3)18-16-22/h7-18,20,27H,4-6,19H2,1-3H3,(H,32,35)(H,33,37)/t27-/m0/s1. The van der Waals surface area contributed by atoms with Crippen molar-refractivity contribution in [2.24, 2.45) is 0 Å². The van der Waals surface area contributed by atoms with Crippen molar-refractivity contribution in [3.63, 3.8) is 0 Å². The fourth-order valence-corrected chi connectivity index (χ4v) is 4.51. The molecular formula is C31H33N3O5. The fraction of sp³-hybridized carbons (Fsp3) is 0.258. The summed E-state index contributed by atoms with van der Waals surface area (Å²) < 4.78 is 10.7. The molecule has 0 unspecified atom stereocenters. The van der Waals surface area contributed by atoms with Crippen LogP contribution in [0.4, 0.5) is 10.5 Å². The lowest BCUT2D eigenvalue weighted by atomic mass is 9.91. The van der Waals surface area contributed by atoms with E-state index >= 15 is 0 Å². The zero-order valence-corrected chi connectivity index (χ0v) is 22.4. The molecule has 0 saturated carbocycles. The minimum Gasteiger partial charge on any atom is -0.497 e. The van der Waals surface area contributed by atoms with Gasteiger partial charge in [-0.25, -0.2) is 9.59 Å². The van der Waals surface area contributed by atoms with Gasteiger partial charge in [0.25, 0.3) is 5.91 Å². The van der Waals surface area contributed by atoms with Gasteiger partial charge in [-0.2, -0.15) is 0 Å². The molecule has 3 aromatic rings. The number of benzene rings is 3. The monoisotopic (exact) mass is 527 g/mol. The van der Waals surface area contributed by atoms with Gasteiger partial charge in [-0.1, -0.05) is 55.8 Å². The Balaban J connectivity index is 1.76. The molecule has 8 nitrogen and oxygen atoms in total. The van der Waals surface area contributed by atoms with Crippen LogP contribution in [-0.2, 0) is 9.53 Å². The first kappa shape index (κ1) is 27.4. The second-order valence-electron chi connectivity index (χ2n) is 9.04. The lowest BCUT2D eigenvalue weighted by Crippen LogP contribution is -2.48. The van der Waals surface area contributed by atoms with Crippen LogP contribution in [0.15, 0.2) is 84.4 Å². The normalized spacial score (nSPS) is 15.0. The number of methoxy groups -OCH3 is 1. The first-order valence-corrected chi connectivity index (χ1v) is 13.1. The Morgan fingerprint density at radius 2 is 1.72 bits per heavy atom. The fourth-order valence-electron chi connectivity index (χ4n) is 4.51. The number of nitrogens with zero attached hydrogens (tertiary/aromatic N) is 1. The van der Waals surface area contributed by atoms with E-state index < -0.39 is 12.0 Å². The van der Waals surface area contributed by atoms with Crippen LogP contribution in [0.25, 0.3) is 5.70 Å². The van der Waals surface area contributed by atoms with Crippen LogP contribution < -0.4 is 15.4 Å². The van der Waals surface area contributed by atoms with E-state index in [1.165, 1.54) is 0 Å². The molecule has 0 spiro atoms. The molecule has 8 heteroatoms. The smallest absolute Gasteiger partial charge is 0.338 e. The maximum absolute atomic E-state index is 13.5. The molecule has 1 aliphatic heterocycles. The van der Waals surface area contributed by atoms with Gasteiger partial charge in [-0.15, -0.1) is 0 Å². The van der Waals surface area contributed by atoms with E-state index in [0.717, 1.165) is 18.4 Å². The average molecular weight is 528 g/mol. The van der Waals surface area contributed by atoms with Crippen molar-refractivity contribution >= 4 is 29.3 Å². The summed E-state index contributed by atoms with van der Waals surface area (Å²) in [6, 6.07) is 22.2. The van der Waals surface area contributed by atoms with Gasteiger partial charge in [0.2, 0.25) is 0 Å². The van der Waals surface area contributed by atoms with Crippen LogP contribution in [-0.4, -0.2) is 43.1 Å². The lowest BCUT2D eigenvalue weighted by molar-refractivity contribution is -0.138. The Kier molecular flexibility index (Phi) is 8.99. The number of unbranched alkanes of at least 4 members (excludes halogenated alkanes) is 1. The van der Waals surface area contributed by atoms with Gasteiger partial charge in [0, 0.05) is 17.8 Å². The first-order valence-electron chi connectivity index (χ1n) is 13.1. The van der Waals surface area contributed by atoms with Gasteiger partial charge < -0.3 is 20.1 Å². The third-order valence-electron chi connectivity index (χ3n) is 6.43. The quantitative estimate of drug-likeness (QED) is 0.326. The number of carbonyl (C=O) groups is 3. The highest BCUT2D eigenvalue weighted by Crippen LogP contribution is 2.37. The Labute approximate surface area is 228 Å². The molecule has 202 valence electrons. The molecule has 39 heavy (non-hydrogen) atoms. The van der Waals surface area contributed by atoms with Crippen LogP contribution in [0.2, 0.25) is 0 Å². The molecule has 0 aromatic heterocycles. The van der Waals surface area contributed by atoms with Gasteiger partial charge in [-0.3, -0.25) is 9.69 Å². The maximum Gasteiger partial charge on any atom is 0.338 e. The number of rotatable bonds is 10. The number of esters is 1. The third-order valence-corrected chi connectivity index (χ3v) is 6.43. The summed E-state index contributed by atoms with van der Waals surface area (Å²) in [6.45, 7) is 4.45. The zero-order valence-electron chi connectivity index (χ0n) is 22.4. The first-order chi connectivity index (χ1) is 19.0. The summed E-state index contributed by atoms with van der Waals surface area (Å²) in [5.41, 5.74) is 3.27. The molecule has 2 N–H and O–H groups in total. The predicted octanol–water partition coefficient (Wildman–Crippen LogP) is 5.79. The molecule has 1 atom stereocenters. The van der Waals surface area contributed by atoms with Crippen LogP contribution in [0, 0.1) is 0 Å². The number of carbonyl (C=O) groups excluding carboxylic acids is 3. The average Bonchev–Trinajstić information content (AvgIpc) is 2.96. The number of amides is 3. The van der Waals surface area contributed by atoms with E-state index in [0.29, 0.717) is 40.4 Å². The van der Waals surface area contributed by atoms with Gasteiger partial charge in [-0.05, 0) is 60.9 Å². The van der Waals surface area contributed by atoms with Gasteiger partial charge in [0.05, 0.1) is 31.0 Å². The largest absolute Gasteiger partial charge is 0.497 e. The molecule has 1 aliphatic rings. The van der Waals surface area contributed by atoms with Crippen molar-refractivity contribution in [1.29, 1.82) is 0 Å². The Bertz CT molecular complexity index is 1350. The number of anilines is 1. The third kappa shape index (κ3) is 6.29. The Morgan fingerprint density at radius 1 is 0.974 bits per heavy atom. The zero-order chi connectivity index (χ0) is 27.8. The molecule has 1 heterocycles. The van der Waals surface area contributed by atoms with Crippen molar-refractivity contribution in [1.82, 2.24) is 10.2 Å². The van der Waals surface area contributed by atoms with Crippen molar-refractivity contribution < 1.29 is 23.9 Å². The van der Waals surface area contributed by atoms with E-state index in [-0.39, 0.29) is 18.5 Å². The van der Waals surface area contributed by atoms with Crippen molar-refractivity contribution in [2.45, 2.75) is 32.7 Å². The molecule has 0 aliphatic carbocycles. The van der Waals surface area contributed by atoms with Crippen LogP contribution in [0.1, 0.15) is 54.2 Å². The maximum atomic E-state index is 13.5. The number of hydrogen-bond acceptors (Lipinski definition) is 5. The Hall–Kier alpha value is -4.59. The van der Waals surface area contributed by atoms with E-state index in [9.17, 15) is 14.4 Å². The molecule has 3 amide bonds. The lowest BCUT2D eigenvalue weighted by Gasteiger charge is -2.37. The summed E-state index contributed by atoms with van der Waals surface area (Å²) >= 11 is 0. The highest BCUT2D eigenvalue weighted by molar-refractivity contribution is 6.06. The number of ether oxygens (including phenoxy) is 2.